The van der Waals surface area contributed by atoms with Gasteiger partial charge in [0.05, 0.1) is 18.6 Å². The highest BCUT2D eigenvalue weighted by Gasteiger charge is 2.41. The fourth-order valence-corrected chi connectivity index (χ4v) is 5.09. The maximum absolute atomic E-state index is 13.8. The summed E-state index contributed by atoms with van der Waals surface area (Å²) in [6.07, 6.45) is 6.69. The number of hydrogen-bond acceptors (Lipinski definition) is 4. The van der Waals surface area contributed by atoms with Crippen molar-refractivity contribution in [3.63, 3.8) is 0 Å². The maximum atomic E-state index is 13.8. The van der Waals surface area contributed by atoms with E-state index in [2.05, 4.69) is 46.7 Å². The molecule has 31 heavy (non-hydrogen) atoms. The minimum Gasteiger partial charge on any atom is -0.395 e. The Morgan fingerprint density at radius 2 is 1.87 bits per heavy atom. The summed E-state index contributed by atoms with van der Waals surface area (Å²) in [5, 5.41) is 15.2. The Morgan fingerprint density at radius 1 is 1.10 bits per heavy atom. The third-order valence-corrected chi connectivity index (χ3v) is 6.78. The van der Waals surface area contributed by atoms with Gasteiger partial charge in [0.25, 0.3) is 0 Å². The molecular weight excluding hydrogens is 386 g/mol. The average Bonchev–Trinajstić information content (AvgIpc) is 3.30. The second-order valence-electron chi connectivity index (χ2n) is 8.62. The van der Waals surface area contributed by atoms with Crippen molar-refractivity contribution in [1.29, 1.82) is 0 Å². The Bertz CT molecular complexity index is 1130. The fourth-order valence-electron chi connectivity index (χ4n) is 5.09. The molecule has 1 aromatic heterocycles. The van der Waals surface area contributed by atoms with Crippen molar-refractivity contribution in [3.05, 3.63) is 84.2 Å². The van der Waals surface area contributed by atoms with E-state index in [1.807, 2.05) is 36.2 Å². The largest absolute Gasteiger partial charge is 0.395 e. The first kappa shape index (κ1) is 19.9. The molecule has 4 atom stereocenters. The van der Waals surface area contributed by atoms with E-state index in [0.29, 0.717) is 0 Å². The number of aliphatic hydroxyl groups is 1. The van der Waals surface area contributed by atoms with Crippen LogP contribution in [0.15, 0.2) is 73.1 Å². The molecule has 0 radical (unpaired) electrons. The zero-order valence-electron chi connectivity index (χ0n) is 17.6. The number of aliphatic hydroxyl groups excluding tert-OH is 1. The van der Waals surface area contributed by atoms with Gasteiger partial charge in [-0.1, -0.05) is 48.5 Å². The van der Waals surface area contributed by atoms with Crippen molar-refractivity contribution in [2.75, 3.05) is 20.2 Å². The number of rotatable bonds is 4. The molecule has 2 aliphatic heterocycles. The molecule has 1 saturated heterocycles. The highest BCUT2D eigenvalue weighted by molar-refractivity contribution is 6.00. The standard InChI is InChI=1S/C26H27N3O2/c1-29-24(21-13-22(16-30)28-15-21)14-23(18-8-10-27-11-9-18)25(26(29)31)20-7-6-17-4-2-3-5-19(17)12-20/h2-12,14,21-22,24-25,28,30H,13,15-16H2,1H3. The van der Waals surface area contributed by atoms with Crippen molar-refractivity contribution in [1.82, 2.24) is 15.2 Å². The molecule has 0 saturated carbocycles. The predicted molar refractivity (Wildman–Crippen MR) is 122 cm³/mol. The monoisotopic (exact) mass is 413 g/mol. The van der Waals surface area contributed by atoms with Crippen LogP contribution in [0.25, 0.3) is 16.3 Å². The summed E-state index contributed by atoms with van der Waals surface area (Å²) in [7, 11) is 1.91. The summed E-state index contributed by atoms with van der Waals surface area (Å²) in [6, 6.07) is 18.6. The second kappa shape index (κ2) is 8.25. The number of amides is 1. The first-order valence-electron chi connectivity index (χ1n) is 10.9. The molecule has 1 amide bonds. The SMILES string of the molecule is CN1C(=O)C(c2ccc3ccccc3c2)C(c2ccncc2)=CC1C1CNC(CO)C1. The van der Waals surface area contributed by atoms with Crippen molar-refractivity contribution in [2.24, 2.45) is 5.92 Å². The minimum atomic E-state index is -0.351. The summed E-state index contributed by atoms with van der Waals surface area (Å²) in [6.45, 7) is 0.926. The molecule has 0 aliphatic carbocycles. The number of pyridine rings is 1. The van der Waals surface area contributed by atoms with Crippen LogP contribution in [0.3, 0.4) is 0 Å². The molecule has 5 heteroatoms. The molecule has 2 aromatic carbocycles. The van der Waals surface area contributed by atoms with Gasteiger partial charge in [-0.3, -0.25) is 9.78 Å². The number of benzene rings is 2. The highest BCUT2D eigenvalue weighted by atomic mass is 16.3. The lowest BCUT2D eigenvalue weighted by atomic mass is 9.79. The van der Waals surface area contributed by atoms with Crippen molar-refractivity contribution in [2.45, 2.75) is 24.4 Å². The van der Waals surface area contributed by atoms with Gasteiger partial charge in [0.2, 0.25) is 5.91 Å². The van der Waals surface area contributed by atoms with Gasteiger partial charge in [0, 0.05) is 32.0 Å². The van der Waals surface area contributed by atoms with E-state index in [0.717, 1.165) is 35.1 Å². The molecule has 4 unspecified atom stereocenters. The number of fused-ring (bicyclic) bond motifs is 1. The van der Waals surface area contributed by atoms with Gasteiger partial charge in [-0.15, -0.1) is 0 Å². The number of hydrogen-bond donors (Lipinski definition) is 2. The average molecular weight is 414 g/mol. The van der Waals surface area contributed by atoms with Gasteiger partial charge in [0.15, 0.2) is 0 Å². The number of likely N-dealkylation sites (N-methyl/N-ethyl adjacent to an activating group) is 1. The van der Waals surface area contributed by atoms with Crippen molar-refractivity contribution < 1.29 is 9.90 Å². The number of nitrogens with one attached hydrogen (secondary N) is 1. The van der Waals surface area contributed by atoms with Gasteiger partial charge in [-0.25, -0.2) is 0 Å². The van der Waals surface area contributed by atoms with Crippen LogP contribution < -0.4 is 5.32 Å². The van der Waals surface area contributed by atoms with Gasteiger partial charge >= 0.3 is 0 Å². The lowest BCUT2D eigenvalue weighted by Crippen LogP contribution is -2.47. The first-order chi connectivity index (χ1) is 15.2. The number of carbonyl (C=O) groups excluding carboxylic acids is 1. The molecular formula is C26H27N3O2. The molecule has 3 aromatic rings. The number of aromatic nitrogens is 1. The summed E-state index contributed by atoms with van der Waals surface area (Å²) in [4.78, 5) is 19.8. The molecule has 5 nitrogen and oxygen atoms in total. The quantitative estimate of drug-likeness (QED) is 0.689. The predicted octanol–water partition coefficient (Wildman–Crippen LogP) is 3.21. The third kappa shape index (κ3) is 3.64. The van der Waals surface area contributed by atoms with Crippen LogP contribution in [0.1, 0.15) is 23.5 Å². The Hall–Kier alpha value is -3.02. The number of carbonyl (C=O) groups is 1. The van der Waals surface area contributed by atoms with E-state index in [4.69, 9.17) is 0 Å². The fraction of sp³-hybridized carbons (Fsp3) is 0.308. The molecule has 5 rings (SSSR count). The lowest BCUT2D eigenvalue weighted by Gasteiger charge is -2.39. The Morgan fingerprint density at radius 3 is 2.61 bits per heavy atom. The molecule has 1 fully saturated rings. The van der Waals surface area contributed by atoms with Crippen LogP contribution in [0.4, 0.5) is 0 Å². The van der Waals surface area contributed by atoms with Crippen molar-refractivity contribution in [3.8, 4) is 0 Å². The van der Waals surface area contributed by atoms with Crippen LogP contribution in [-0.4, -0.2) is 53.2 Å². The smallest absolute Gasteiger partial charge is 0.234 e. The zero-order chi connectivity index (χ0) is 21.4. The Balaban J connectivity index is 1.60. The van der Waals surface area contributed by atoms with Gasteiger partial charge < -0.3 is 15.3 Å². The van der Waals surface area contributed by atoms with E-state index < -0.39 is 0 Å². The van der Waals surface area contributed by atoms with Crippen LogP contribution in [-0.2, 0) is 4.79 Å². The van der Waals surface area contributed by atoms with Gasteiger partial charge in [-0.2, -0.15) is 0 Å². The Labute approximate surface area is 182 Å². The van der Waals surface area contributed by atoms with Crippen molar-refractivity contribution >= 4 is 22.3 Å². The molecule has 158 valence electrons. The van der Waals surface area contributed by atoms with Gasteiger partial charge in [0.1, 0.15) is 0 Å². The lowest BCUT2D eigenvalue weighted by molar-refractivity contribution is -0.132. The van der Waals surface area contributed by atoms with E-state index >= 15 is 0 Å². The van der Waals surface area contributed by atoms with E-state index in [-0.39, 0.29) is 36.4 Å². The first-order valence-corrected chi connectivity index (χ1v) is 10.9. The van der Waals surface area contributed by atoms with Gasteiger partial charge in [-0.05, 0) is 51.9 Å². The van der Waals surface area contributed by atoms with E-state index in [1.54, 1.807) is 12.4 Å². The molecule has 3 heterocycles. The van der Waals surface area contributed by atoms with Crippen LogP contribution in [0.5, 0.6) is 0 Å². The second-order valence-corrected chi connectivity index (χ2v) is 8.62. The summed E-state index contributed by atoms with van der Waals surface area (Å²) in [5.74, 6) is 0.0405. The third-order valence-electron chi connectivity index (χ3n) is 6.78. The topological polar surface area (TPSA) is 65.5 Å². The van der Waals surface area contributed by atoms with Crippen LogP contribution in [0.2, 0.25) is 0 Å². The molecule has 0 spiro atoms. The summed E-state index contributed by atoms with van der Waals surface area (Å²) in [5.41, 5.74) is 3.08. The summed E-state index contributed by atoms with van der Waals surface area (Å²) < 4.78 is 0. The maximum Gasteiger partial charge on any atom is 0.234 e. The van der Waals surface area contributed by atoms with E-state index in [1.165, 1.54) is 5.39 Å². The van der Waals surface area contributed by atoms with E-state index in [9.17, 15) is 9.90 Å². The molecule has 0 bridgehead atoms. The zero-order valence-corrected chi connectivity index (χ0v) is 17.6. The Kier molecular flexibility index (Phi) is 5.30. The van der Waals surface area contributed by atoms with Crippen LogP contribution in [0, 0.1) is 5.92 Å². The molecule has 2 N–H and O–H groups in total. The normalized spacial score (nSPS) is 26.3. The van der Waals surface area contributed by atoms with Crippen LogP contribution >= 0.6 is 0 Å². The summed E-state index contributed by atoms with van der Waals surface area (Å²) >= 11 is 0. The highest BCUT2D eigenvalue weighted by Crippen LogP contribution is 2.41. The number of nitrogens with zero attached hydrogens (tertiary/aromatic N) is 2. The molecule has 2 aliphatic rings. The minimum absolute atomic E-state index is 0.00331.